The van der Waals surface area contributed by atoms with Crippen LogP contribution in [0.2, 0.25) is 0 Å². The van der Waals surface area contributed by atoms with Crippen molar-refractivity contribution < 1.29 is 14.7 Å². The molecular formula is C14H20N2O3S. The molecule has 0 aliphatic rings. The molecule has 0 fully saturated rings. The van der Waals surface area contributed by atoms with Crippen LogP contribution in [0, 0.1) is 6.92 Å². The molecule has 110 valence electrons. The third-order valence-corrected chi connectivity index (χ3v) is 4.01. The summed E-state index contributed by atoms with van der Waals surface area (Å²) in [5.41, 5.74) is 1.28. The lowest BCUT2D eigenvalue weighted by Crippen LogP contribution is -2.39. The highest BCUT2D eigenvalue weighted by atomic mass is 32.2. The Morgan fingerprint density at radius 3 is 2.65 bits per heavy atom. The number of urea groups is 1. The van der Waals surface area contributed by atoms with Crippen molar-refractivity contribution in [2.75, 3.05) is 24.4 Å². The molecule has 1 aromatic carbocycles. The molecule has 0 saturated heterocycles. The van der Waals surface area contributed by atoms with Crippen LogP contribution in [0.1, 0.15) is 22.8 Å². The van der Waals surface area contributed by atoms with Gasteiger partial charge in [-0.25, -0.2) is 9.59 Å². The van der Waals surface area contributed by atoms with Crippen molar-refractivity contribution in [2.45, 2.75) is 19.9 Å². The summed E-state index contributed by atoms with van der Waals surface area (Å²) in [7, 11) is 1.73. The van der Waals surface area contributed by atoms with Crippen molar-refractivity contribution in [3.8, 4) is 0 Å². The molecule has 1 rings (SSSR count). The molecule has 0 bridgehead atoms. The molecule has 1 atom stereocenters. The van der Waals surface area contributed by atoms with Gasteiger partial charge in [-0.1, -0.05) is 6.07 Å². The van der Waals surface area contributed by atoms with E-state index in [1.165, 1.54) is 6.07 Å². The SMILES string of the molecule is CSCC(C)N(C)C(=O)Nc1cccc(C(=O)O)c1C. The van der Waals surface area contributed by atoms with Crippen LogP contribution in [-0.2, 0) is 0 Å². The Kier molecular flexibility index (Phi) is 5.88. The third-order valence-electron chi connectivity index (χ3n) is 3.20. The van der Waals surface area contributed by atoms with E-state index in [1.54, 1.807) is 42.8 Å². The van der Waals surface area contributed by atoms with Gasteiger partial charge in [-0.2, -0.15) is 11.8 Å². The number of thioether (sulfide) groups is 1. The van der Waals surface area contributed by atoms with Gasteiger partial charge in [-0.05, 0) is 37.8 Å². The molecule has 2 amide bonds. The number of amides is 2. The van der Waals surface area contributed by atoms with Crippen LogP contribution in [0.15, 0.2) is 18.2 Å². The Morgan fingerprint density at radius 2 is 2.10 bits per heavy atom. The lowest BCUT2D eigenvalue weighted by molar-refractivity contribution is 0.0696. The molecule has 20 heavy (non-hydrogen) atoms. The van der Waals surface area contributed by atoms with Crippen molar-refractivity contribution in [1.29, 1.82) is 0 Å². The number of benzene rings is 1. The van der Waals surface area contributed by atoms with E-state index in [4.69, 9.17) is 5.11 Å². The molecule has 0 spiro atoms. The average Bonchev–Trinajstić information content (AvgIpc) is 2.40. The number of carboxylic acid groups (broad SMARTS) is 1. The fraction of sp³-hybridized carbons (Fsp3) is 0.429. The van der Waals surface area contributed by atoms with Crippen LogP contribution < -0.4 is 5.32 Å². The van der Waals surface area contributed by atoms with Gasteiger partial charge in [0.1, 0.15) is 0 Å². The van der Waals surface area contributed by atoms with E-state index in [0.29, 0.717) is 11.3 Å². The van der Waals surface area contributed by atoms with Gasteiger partial charge in [-0.3, -0.25) is 0 Å². The fourth-order valence-corrected chi connectivity index (χ4v) is 2.47. The maximum Gasteiger partial charge on any atom is 0.336 e. The number of carbonyl (C=O) groups is 2. The number of nitrogens with one attached hydrogen (secondary N) is 1. The fourth-order valence-electron chi connectivity index (χ4n) is 1.76. The van der Waals surface area contributed by atoms with Crippen LogP contribution >= 0.6 is 11.8 Å². The monoisotopic (exact) mass is 296 g/mol. The zero-order chi connectivity index (χ0) is 15.3. The van der Waals surface area contributed by atoms with Crippen molar-refractivity contribution in [2.24, 2.45) is 0 Å². The number of rotatable bonds is 5. The van der Waals surface area contributed by atoms with Gasteiger partial charge in [0.15, 0.2) is 0 Å². The first-order chi connectivity index (χ1) is 9.38. The highest BCUT2D eigenvalue weighted by molar-refractivity contribution is 7.98. The predicted octanol–water partition coefficient (Wildman–Crippen LogP) is 2.91. The normalized spacial score (nSPS) is 11.8. The molecule has 0 aliphatic heterocycles. The number of aromatic carboxylic acids is 1. The van der Waals surface area contributed by atoms with E-state index < -0.39 is 5.97 Å². The minimum absolute atomic E-state index is 0.105. The van der Waals surface area contributed by atoms with Gasteiger partial charge in [0, 0.05) is 24.5 Å². The van der Waals surface area contributed by atoms with Crippen LogP contribution in [0.5, 0.6) is 0 Å². The number of nitrogens with zero attached hydrogens (tertiary/aromatic N) is 1. The Hall–Kier alpha value is -1.69. The Morgan fingerprint density at radius 1 is 1.45 bits per heavy atom. The van der Waals surface area contributed by atoms with Crippen LogP contribution in [0.25, 0.3) is 0 Å². The zero-order valence-corrected chi connectivity index (χ0v) is 13.0. The molecule has 1 aromatic rings. The highest BCUT2D eigenvalue weighted by Gasteiger charge is 2.17. The van der Waals surface area contributed by atoms with E-state index in [1.807, 2.05) is 13.2 Å². The number of carbonyl (C=O) groups excluding carboxylic acids is 1. The molecule has 1 unspecified atom stereocenters. The first kappa shape index (κ1) is 16.4. The molecule has 0 aromatic heterocycles. The first-order valence-electron chi connectivity index (χ1n) is 6.24. The highest BCUT2D eigenvalue weighted by Crippen LogP contribution is 2.19. The summed E-state index contributed by atoms with van der Waals surface area (Å²) in [6, 6.07) is 4.71. The summed E-state index contributed by atoms with van der Waals surface area (Å²) in [5, 5.41) is 11.8. The number of hydrogen-bond donors (Lipinski definition) is 2. The van der Waals surface area contributed by atoms with Gasteiger partial charge in [0.05, 0.1) is 5.56 Å². The van der Waals surface area contributed by atoms with Crippen molar-refractivity contribution >= 4 is 29.4 Å². The smallest absolute Gasteiger partial charge is 0.336 e. The minimum atomic E-state index is -0.997. The minimum Gasteiger partial charge on any atom is -0.478 e. The molecule has 6 heteroatoms. The second-order valence-corrected chi connectivity index (χ2v) is 5.54. The maximum absolute atomic E-state index is 12.1. The molecule has 5 nitrogen and oxygen atoms in total. The predicted molar refractivity (Wildman–Crippen MR) is 82.8 cm³/mol. The van der Waals surface area contributed by atoms with Crippen LogP contribution in [0.3, 0.4) is 0 Å². The van der Waals surface area contributed by atoms with Gasteiger partial charge in [0.25, 0.3) is 0 Å². The molecule has 0 radical (unpaired) electrons. The average molecular weight is 296 g/mol. The molecule has 2 N–H and O–H groups in total. The van der Waals surface area contributed by atoms with E-state index in [-0.39, 0.29) is 17.6 Å². The summed E-state index contributed by atoms with van der Waals surface area (Å²) in [6.45, 7) is 3.65. The van der Waals surface area contributed by atoms with Crippen LogP contribution in [-0.4, -0.2) is 47.1 Å². The first-order valence-corrected chi connectivity index (χ1v) is 7.63. The zero-order valence-electron chi connectivity index (χ0n) is 12.1. The van der Waals surface area contributed by atoms with Crippen molar-refractivity contribution in [3.05, 3.63) is 29.3 Å². The van der Waals surface area contributed by atoms with E-state index in [2.05, 4.69) is 5.32 Å². The summed E-state index contributed by atoms with van der Waals surface area (Å²) in [4.78, 5) is 24.8. The van der Waals surface area contributed by atoms with Crippen LogP contribution in [0.4, 0.5) is 10.5 Å². The lowest BCUT2D eigenvalue weighted by Gasteiger charge is -2.25. The summed E-state index contributed by atoms with van der Waals surface area (Å²) in [5.74, 6) is -0.152. The summed E-state index contributed by atoms with van der Waals surface area (Å²) >= 11 is 1.67. The standard InChI is InChI=1S/C14H20N2O3S/c1-9(8-20-4)16(3)14(19)15-12-7-5-6-11(10(12)2)13(17)18/h5-7,9H,8H2,1-4H3,(H,15,19)(H,17,18). The number of anilines is 1. The molecule has 0 aliphatic carbocycles. The van der Waals surface area contributed by atoms with E-state index in [0.717, 1.165) is 5.75 Å². The Labute approximate surface area is 123 Å². The second kappa shape index (κ2) is 7.19. The topological polar surface area (TPSA) is 69.6 Å². The van der Waals surface area contributed by atoms with Crippen molar-refractivity contribution in [1.82, 2.24) is 4.90 Å². The van der Waals surface area contributed by atoms with Crippen molar-refractivity contribution in [3.63, 3.8) is 0 Å². The van der Waals surface area contributed by atoms with Gasteiger partial charge in [0.2, 0.25) is 0 Å². The maximum atomic E-state index is 12.1. The molecular weight excluding hydrogens is 276 g/mol. The summed E-state index contributed by atoms with van der Waals surface area (Å²) < 4.78 is 0. The number of carboxylic acids is 1. The number of hydrogen-bond acceptors (Lipinski definition) is 3. The van der Waals surface area contributed by atoms with Gasteiger partial charge >= 0.3 is 12.0 Å². The van der Waals surface area contributed by atoms with Gasteiger partial charge < -0.3 is 15.3 Å². The quantitative estimate of drug-likeness (QED) is 0.876. The molecule has 0 saturated carbocycles. The summed E-state index contributed by atoms with van der Waals surface area (Å²) in [6.07, 6.45) is 1.99. The largest absolute Gasteiger partial charge is 0.478 e. The third kappa shape index (κ3) is 3.90. The Balaban J connectivity index is 2.86. The Bertz CT molecular complexity index is 505. The lowest BCUT2D eigenvalue weighted by atomic mass is 10.1. The van der Waals surface area contributed by atoms with E-state index in [9.17, 15) is 9.59 Å². The molecule has 0 heterocycles. The van der Waals surface area contributed by atoms with Gasteiger partial charge in [-0.15, -0.1) is 0 Å². The van der Waals surface area contributed by atoms with E-state index >= 15 is 0 Å². The second-order valence-electron chi connectivity index (χ2n) is 4.63.